The van der Waals surface area contributed by atoms with Crippen molar-refractivity contribution in [3.8, 4) is 0 Å². The molecule has 0 radical (unpaired) electrons. The maximum absolute atomic E-state index is 12.9. The highest BCUT2D eigenvalue weighted by atomic mass is 35.5. The van der Waals surface area contributed by atoms with E-state index >= 15 is 0 Å². The molecule has 1 aliphatic rings. The zero-order valence-electron chi connectivity index (χ0n) is 16.1. The smallest absolute Gasteiger partial charge is 0.251 e. The summed E-state index contributed by atoms with van der Waals surface area (Å²) in [5, 5.41) is 3.07. The van der Waals surface area contributed by atoms with Gasteiger partial charge in [-0.25, -0.2) is 0 Å². The summed E-state index contributed by atoms with van der Waals surface area (Å²) in [4.78, 5) is 27.2. The molecule has 28 heavy (non-hydrogen) atoms. The Bertz CT molecular complexity index is 772. The lowest BCUT2D eigenvalue weighted by atomic mass is 9.93. The maximum Gasteiger partial charge on any atom is 0.251 e. The third-order valence-corrected chi connectivity index (χ3v) is 5.22. The predicted octanol–water partition coefficient (Wildman–Crippen LogP) is 3.61. The maximum atomic E-state index is 12.9. The molecule has 0 saturated carbocycles. The molecule has 2 aromatic carbocycles. The van der Waals surface area contributed by atoms with Crippen LogP contribution in [0.25, 0.3) is 0 Å². The molecule has 2 aromatic rings. The van der Waals surface area contributed by atoms with Crippen LogP contribution < -0.4 is 11.1 Å². The number of nitrogens with one attached hydrogen (secondary N) is 1. The van der Waals surface area contributed by atoms with Crippen LogP contribution in [0.5, 0.6) is 0 Å². The number of carbonyl (C=O) groups excluding carboxylic acids is 2. The van der Waals surface area contributed by atoms with Gasteiger partial charge in [0, 0.05) is 30.4 Å². The summed E-state index contributed by atoms with van der Waals surface area (Å²) in [5.74, 6) is 0.00891. The van der Waals surface area contributed by atoms with Crippen molar-refractivity contribution in [2.24, 2.45) is 0 Å². The second-order valence-electron chi connectivity index (χ2n) is 7.07. The van der Waals surface area contributed by atoms with Gasteiger partial charge in [-0.1, -0.05) is 37.3 Å². The summed E-state index contributed by atoms with van der Waals surface area (Å²) in [6.07, 6.45) is 2.34. The highest BCUT2D eigenvalue weighted by Gasteiger charge is 2.28. The van der Waals surface area contributed by atoms with E-state index in [1.807, 2.05) is 35.2 Å². The van der Waals surface area contributed by atoms with Crippen molar-refractivity contribution >= 4 is 29.9 Å². The third kappa shape index (κ3) is 5.26. The van der Waals surface area contributed by atoms with Crippen LogP contribution in [0.15, 0.2) is 54.6 Å². The molecule has 1 unspecified atom stereocenters. The van der Waals surface area contributed by atoms with E-state index in [0.29, 0.717) is 24.3 Å². The standard InChI is InChI=1S/C22H27N3O2.ClH/c1-2-20(16-6-4-3-5-7-16)22(27)25-14-12-19(13-15-25)24-21(26)17-8-10-18(23)11-9-17;/h3-11,19-20H,2,12-15,23H2,1H3,(H,24,26);1H. The first kappa shape index (κ1) is 21.8. The number of amides is 2. The molecule has 1 fully saturated rings. The summed E-state index contributed by atoms with van der Waals surface area (Å²) in [6.45, 7) is 3.40. The van der Waals surface area contributed by atoms with E-state index in [-0.39, 0.29) is 36.2 Å². The minimum absolute atomic E-state index is 0. The molecule has 6 heteroatoms. The third-order valence-electron chi connectivity index (χ3n) is 5.22. The average molecular weight is 402 g/mol. The van der Waals surface area contributed by atoms with Crippen molar-refractivity contribution < 1.29 is 9.59 Å². The number of piperidine rings is 1. The molecular weight excluding hydrogens is 374 g/mol. The van der Waals surface area contributed by atoms with Gasteiger partial charge in [0.25, 0.3) is 5.91 Å². The number of hydrogen-bond acceptors (Lipinski definition) is 3. The van der Waals surface area contributed by atoms with Gasteiger partial charge in [0.1, 0.15) is 0 Å². The Hall–Kier alpha value is -2.53. The Balaban J connectivity index is 0.00000280. The van der Waals surface area contributed by atoms with Crippen molar-refractivity contribution in [3.63, 3.8) is 0 Å². The SMILES string of the molecule is CCC(C(=O)N1CCC(NC(=O)c2ccc(N)cc2)CC1)c1ccccc1.Cl. The number of likely N-dealkylation sites (tertiary alicyclic amines) is 1. The van der Waals surface area contributed by atoms with Gasteiger partial charge < -0.3 is 16.0 Å². The quantitative estimate of drug-likeness (QED) is 0.751. The molecule has 150 valence electrons. The molecule has 1 aliphatic heterocycles. The van der Waals surface area contributed by atoms with Gasteiger partial charge in [-0.15, -0.1) is 12.4 Å². The van der Waals surface area contributed by atoms with E-state index in [4.69, 9.17) is 5.73 Å². The fraction of sp³-hybridized carbons (Fsp3) is 0.364. The molecule has 0 aromatic heterocycles. The minimum Gasteiger partial charge on any atom is -0.399 e. The number of rotatable bonds is 5. The zero-order valence-corrected chi connectivity index (χ0v) is 17.0. The molecule has 5 nitrogen and oxygen atoms in total. The van der Waals surface area contributed by atoms with Crippen LogP contribution in [0.4, 0.5) is 5.69 Å². The summed E-state index contributed by atoms with van der Waals surface area (Å²) < 4.78 is 0. The summed E-state index contributed by atoms with van der Waals surface area (Å²) in [7, 11) is 0. The topological polar surface area (TPSA) is 75.4 Å². The van der Waals surface area contributed by atoms with Crippen LogP contribution in [0.1, 0.15) is 48.0 Å². The summed E-state index contributed by atoms with van der Waals surface area (Å²) in [6, 6.07) is 17.0. The van der Waals surface area contributed by atoms with Crippen LogP contribution in [0.3, 0.4) is 0 Å². The Kier molecular flexibility index (Phi) is 7.88. The van der Waals surface area contributed by atoms with Crippen LogP contribution >= 0.6 is 12.4 Å². The number of carbonyl (C=O) groups is 2. The minimum atomic E-state index is -0.0906. The number of halogens is 1. The lowest BCUT2D eigenvalue weighted by Crippen LogP contribution is -2.47. The average Bonchev–Trinajstić information content (AvgIpc) is 2.70. The highest BCUT2D eigenvalue weighted by molar-refractivity contribution is 5.94. The van der Waals surface area contributed by atoms with Gasteiger partial charge in [0.15, 0.2) is 0 Å². The monoisotopic (exact) mass is 401 g/mol. The van der Waals surface area contributed by atoms with Crippen molar-refractivity contribution in [1.82, 2.24) is 10.2 Å². The summed E-state index contributed by atoms with van der Waals surface area (Å²) >= 11 is 0. The predicted molar refractivity (Wildman–Crippen MR) is 115 cm³/mol. The molecule has 1 atom stereocenters. The van der Waals surface area contributed by atoms with Crippen molar-refractivity contribution in [3.05, 3.63) is 65.7 Å². The molecule has 2 amide bonds. The molecule has 0 spiro atoms. The van der Waals surface area contributed by atoms with Gasteiger partial charge in [-0.2, -0.15) is 0 Å². The fourth-order valence-corrected chi connectivity index (χ4v) is 3.61. The first-order valence-corrected chi connectivity index (χ1v) is 9.58. The highest BCUT2D eigenvalue weighted by Crippen LogP contribution is 2.24. The van der Waals surface area contributed by atoms with Gasteiger partial charge in [-0.3, -0.25) is 9.59 Å². The van der Waals surface area contributed by atoms with Gasteiger partial charge >= 0.3 is 0 Å². The first-order valence-electron chi connectivity index (χ1n) is 9.58. The second-order valence-corrected chi connectivity index (χ2v) is 7.07. The number of anilines is 1. The van der Waals surface area contributed by atoms with Gasteiger partial charge in [0.05, 0.1) is 5.92 Å². The van der Waals surface area contributed by atoms with Crippen LogP contribution in [-0.2, 0) is 4.79 Å². The largest absolute Gasteiger partial charge is 0.399 e. The van der Waals surface area contributed by atoms with E-state index in [1.165, 1.54) is 0 Å². The van der Waals surface area contributed by atoms with Gasteiger partial charge in [0.2, 0.25) is 5.91 Å². The van der Waals surface area contributed by atoms with E-state index in [0.717, 1.165) is 24.8 Å². The molecular formula is C22H28ClN3O2. The van der Waals surface area contributed by atoms with E-state index in [2.05, 4.69) is 12.2 Å². The number of benzene rings is 2. The fourth-order valence-electron chi connectivity index (χ4n) is 3.61. The van der Waals surface area contributed by atoms with E-state index in [9.17, 15) is 9.59 Å². The van der Waals surface area contributed by atoms with Crippen molar-refractivity contribution in [1.29, 1.82) is 0 Å². The van der Waals surface area contributed by atoms with Crippen molar-refractivity contribution in [2.45, 2.75) is 38.1 Å². The number of nitrogen functional groups attached to an aromatic ring is 1. The van der Waals surface area contributed by atoms with Crippen molar-refractivity contribution in [2.75, 3.05) is 18.8 Å². The Labute approximate surface area is 172 Å². The number of nitrogens with two attached hydrogens (primary N) is 1. The van der Waals surface area contributed by atoms with E-state index < -0.39 is 0 Å². The van der Waals surface area contributed by atoms with Gasteiger partial charge in [-0.05, 0) is 49.1 Å². The van der Waals surface area contributed by atoms with Crippen LogP contribution in [0, 0.1) is 0 Å². The lowest BCUT2D eigenvalue weighted by Gasteiger charge is -2.34. The molecule has 0 aliphatic carbocycles. The normalized spacial score (nSPS) is 15.4. The Morgan fingerprint density at radius 1 is 1.07 bits per heavy atom. The first-order chi connectivity index (χ1) is 13.1. The molecule has 0 bridgehead atoms. The Morgan fingerprint density at radius 2 is 1.68 bits per heavy atom. The lowest BCUT2D eigenvalue weighted by molar-refractivity contribution is -0.134. The van der Waals surface area contributed by atoms with E-state index in [1.54, 1.807) is 24.3 Å². The number of nitrogens with zero attached hydrogens (tertiary/aromatic N) is 1. The van der Waals surface area contributed by atoms with Crippen LogP contribution in [-0.4, -0.2) is 35.8 Å². The second kappa shape index (κ2) is 10.1. The Morgan fingerprint density at radius 3 is 2.25 bits per heavy atom. The molecule has 3 rings (SSSR count). The van der Waals surface area contributed by atoms with Crippen LogP contribution in [0.2, 0.25) is 0 Å². The number of hydrogen-bond donors (Lipinski definition) is 2. The zero-order chi connectivity index (χ0) is 19.2. The molecule has 1 saturated heterocycles. The molecule has 3 N–H and O–H groups in total. The molecule has 1 heterocycles. The summed E-state index contributed by atoms with van der Waals surface area (Å²) in [5.41, 5.74) is 7.99.